The minimum Gasteiger partial charge on any atom is -0.365 e. The summed E-state index contributed by atoms with van der Waals surface area (Å²) in [5.74, 6) is -0.211. The number of hydrogen-bond acceptors (Lipinski definition) is 6. The first-order valence-electron chi connectivity index (χ1n) is 9.90. The Kier molecular flexibility index (Phi) is 5.63. The van der Waals surface area contributed by atoms with Crippen molar-refractivity contribution in [3.8, 4) is 0 Å². The highest BCUT2D eigenvalue weighted by molar-refractivity contribution is 5.91. The molecule has 2 saturated heterocycles. The minimum atomic E-state index is -0.274. The molecule has 8 nitrogen and oxygen atoms in total. The fourth-order valence-corrected chi connectivity index (χ4v) is 4.15. The monoisotopic (exact) mass is 373 g/mol. The summed E-state index contributed by atoms with van der Waals surface area (Å²) in [6.45, 7) is 3.14. The molecule has 8 heteroatoms. The van der Waals surface area contributed by atoms with Gasteiger partial charge in [0.1, 0.15) is 12.3 Å². The normalized spacial score (nSPS) is 25.3. The third kappa shape index (κ3) is 4.27. The number of rotatable bonds is 5. The molecule has 1 atom stereocenters. The smallest absolute Gasteiger partial charge is 0.271 e. The molecule has 146 valence electrons. The molecule has 27 heavy (non-hydrogen) atoms. The van der Waals surface area contributed by atoms with Gasteiger partial charge in [-0.2, -0.15) is 0 Å². The number of morpholine rings is 1. The van der Waals surface area contributed by atoms with E-state index in [0.29, 0.717) is 13.1 Å². The predicted molar refractivity (Wildman–Crippen MR) is 98.1 cm³/mol. The molecule has 3 heterocycles. The van der Waals surface area contributed by atoms with Crippen molar-refractivity contribution in [3.63, 3.8) is 0 Å². The molecule has 3 aliphatic rings. The number of piperidine rings is 1. The highest BCUT2D eigenvalue weighted by Gasteiger charge is 2.35. The first-order chi connectivity index (χ1) is 13.2. The SMILES string of the molecule is O=C(NC[C@H]1CN(C2CCN(C3CCC3)CC2)C(=O)CO1)c1cnccn1. The number of likely N-dealkylation sites (tertiary alicyclic amines) is 1. The Morgan fingerprint density at radius 1 is 1.19 bits per heavy atom. The van der Waals surface area contributed by atoms with Crippen LogP contribution >= 0.6 is 0 Å². The van der Waals surface area contributed by atoms with E-state index < -0.39 is 0 Å². The predicted octanol–water partition coefficient (Wildman–Crippen LogP) is 0.451. The van der Waals surface area contributed by atoms with Crippen LogP contribution in [0, 0.1) is 0 Å². The maximum atomic E-state index is 12.4. The lowest BCUT2D eigenvalue weighted by Crippen LogP contribution is -2.57. The molecule has 2 aliphatic heterocycles. The molecule has 0 radical (unpaired) electrons. The van der Waals surface area contributed by atoms with Gasteiger partial charge in [0.15, 0.2) is 0 Å². The standard InChI is InChI=1S/C19H27N5O3/c25-18-13-27-16(10-22-19(26)17-11-20-6-7-21-17)12-24(18)15-4-8-23(9-5-15)14-2-1-3-14/h6-7,11,14-16H,1-5,8-10,12-13H2,(H,22,26)/t16-/m0/s1. The molecule has 1 aliphatic carbocycles. The maximum Gasteiger partial charge on any atom is 0.271 e. The van der Waals surface area contributed by atoms with Crippen LogP contribution in [0.15, 0.2) is 18.6 Å². The van der Waals surface area contributed by atoms with E-state index in [0.717, 1.165) is 32.0 Å². The Balaban J connectivity index is 1.27. The fraction of sp³-hybridized carbons (Fsp3) is 0.684. The molecule has 0 unspecified atom stereocenters. The van der Waals surface area contributed by atoms with Crippen LogP contribution in [-0.2, 0) is 9.53 Å². The van der Waals surface area contributed by atoms with Crippen molar-refractivity contribution in [2.75, 3.05) is 32.8 Å². The molecular formula is C19H27N5O3. The quantitative estimate of drug-likeness (QED) is 0.806. The van der Waals surface area contributed by atoms with E-state index in [4.69, 9.17) is 4.74 Å². The van der Waals surface area contributed by atoms with Gasteiger partial charge in [-0.3, -0.25) is 14.6 Å². The molecule has 3 fully saturated rings. The van der Waals surface area contributed by atoms with Crippen molar-refractivity contribution in [2.45, 2.75) is 50.3 Å². The molecule has 0 spiro atoms. The lowest BCUT2D eigenvalue weighted by atomic mass is 9.89. The number of ether oxygens (including phenoxy) is 1. The first-order valence-corrected chi connectivity index (χ1v) is 9.90. The van der Waals surface area contributed by atoms with E-state index in [9.17, 15) is 9.59 Å². The summed E-state index contributed by atoms with van der Waals surface area (Å²) in [5.41, 5.74) is 0.282. The van der Waals surface area contributed by atoms with Crippen LogP contribution in [0.1, 0.15) is 42.6 Å². The third-order valence-corrected chi connectivity index (χ3v) is 5.98. The average molecular weight is 373 g/mol. The Bertz CT molecular complexity index is 659. The number of nitrogens with one attached hydrogen (secondary N) is 1. The Labute approximate surface area is 159 Å². The molecule has 1 N–H and O–H groups in total. The van der Waals surface area contributed by atoms with Gasteiger partial charge in [-0.1, -0.05) is 6.42 Å². The Hall–Kier alpha value is -2.06. The van der Waals surface area contributed by atoms with E-state index in [1.807, 2.05) is 4.90 Å². The molecule has 0 aromatic carbocycles. The van der Waals surface area contributed by atoms with Gasteiger partial charge >= 0.3 is 0 Å². The van der Waals surface area contributed by atoms with Gasteiger partial charge in [0.05, 0.1) is 12.3 Å². The highest BCUT2D eigenvalue weighted by Crippen LogP contribution is 2.29. The Morgan fingerprint density at radius 2 is 2.00 bits per heavy atom. The average Bonchev–Trinajstić information content (AvgIpc) is 2.67. The third-order valence-electron chi connectivity index (χ3n) is 5.98. The number of nitrogens with zero attached hydrogens (tertiary/aromatic N) is 4. The van der Waals surface area contributed by atoms with E-state index in [1.54, 1.807) is 0 Å². The molecule has 1 aromatic rings. The zero-order valence-corrected chi connectivity index (χ0v) is 15.5. The maximum absolute atomic E-state index is 12.4. The van der Waals surface area contributed by atoms with Crippen molar-refractivity contribution in [1.29, 1.82) is 0 Å². The second-order valence-electron chi connectivity index (χ2n) is 7.63. The second kappa shape index (κ2) is 8.31. The molecule has 4 rings (SSSR count). The van der Waals surface area contributed by atoms with Gasteiger partial charge < -0.3 is 19.9 Å². The van der Waals surface area contributed by atoms with Gasteiger partial charge in [-0.05, 0) is 25.7 Å². The van der Waals surface area contributed by atoms with Crippen LogP contribution in [-0.4, -0.2) is 82.6 Å². The lowest BCUT2D eigenvalue weighted by Gasteiger charge is -2.45. The van der Waals surface area contributed by atoms with Crippen molar-refractivity contribution in [1.82, 2.24) is 25.1 Å². The van der Waals surface area contributed by atoms with E-state index >= 15 is 0 Å². The highest BCUT2D eigenvalue weighted by atomic mass is 16.5. The van der Waals surface area contributed by atoms with Gasteiger partial charge in [0, 0.05) is 50.7 Å². The number of carbonyl (C=O) groups excluding carboxylic acids is 2. The van der Waals surface area contributed by atoms with Crippen LogP contribution in [0.25, 0.3) is 0 Å². The van der Waals surface area contributed by atoms with Crippen molar-refractivity contribution >= 4 is 11.8 Å². The first kappa shape index (κ1) is 18.3. The Morgan fingerprint density at radius 3 is 2.67 bits per heavy atom. The van der Waals surface area contributed by atoms with Crippen molar-refractivity contribution < 1.29 is 14.3 Å². The van der Waals surface area contributed by atoms with Crippen LogP contribution in [0.4, 0.5) is 0 Å². The summed E-state index contributed by atoms with van der Waals surface area (Å²) in [7, 11) is 0. The molecule has 2 amide bonds. The minimum absolute atomic E-state index is 0.0635. The lowest BCUT2D eigenvalue weighted by molar-refractivity contribution is -0.153. The number of amides is 2. The van der Waals surface area contributed by atoms with E-state index in [2.05, 4.69) is 20.2 Å². The summed E-state index contributed by atoms with van der Waals surface area (Å²) >= 11 is 0. The number of hydrogen-bond donors (Lipinski definition) is 1. The number of aromatic nitrogens is 2. The molecule has 1 saturated carbocycles. The fourth-order valence-electron chi connectivity index (χ4n) is 4.15. The summed E-state index contributed by atoms with van der Waals surface area (Å²) in [5, 5.41) is 2.83. The molecule has 1 aromatic heterocycles. The summed E-state index contributed by atoms with van der Waals surface area (Å²) < 4.78 is 5.63. The van der Waals surface area contributed by atoms with Gasteiger partial charge in [0.25, 0.3) is 5.91 Å². The van der Waals surface area contributed by atoms with Gasteiger partial charge in [0.2, 0.25) is 5.91 Å². The largest absolute Gasteiger partial charge is 0.365 e. The van der Waals surface area contributed by atoms with Crippen LogP contribution in [0.5, 0.6) is 0 Å². The van der Waals surface area contributed by atoms with Gasteiger partial charge in [-0.15, -0.1) is 0 Å². The van der Waals surface area contributed by atoms with E-state index in [1.165, 1.54) is 37.9 Å². The zero-order chi connectivity index (χ0) is 18.6. The topological polar surface area (TPSA) is 87.7 Å². The second-order valence-corrected chi connectivity index (χ2v) is 7.63. The van der Waals surface area contributed by atoms with Crippen molar-refractivity contribution in [2.24, 2.45) is 0 Å². The number of carbonyl (C=O) groups is 2. The van der Waals surface area contributed by atoms with Crippen molar-refractivity contribution in [3.05, 3.63) is 24.3 Å². The molecule has 0 bridgehead atoms. The zero-order valence-electron chi connectivity index (χ0n) is 15.5. The van der Waals surface area contributed by atoms with Crippen LogP contribution < -0.4 is 5.32 Å². The molecular weight excluding hydrogens is 346 g/mol. The van der Waals surface area contributed by atoms with Gasteiger partial charge in [-0.25, -0.2) is 4.98 Å². The van der Waals surface area contributed by atoms with Crippen LogP contribution in [0.3, 0.4) is 0 Å². The van der Waals surface area contributed by atoms with Crippen LogP contribution in [0.2, 0.25) is 0 Å². The summed E-state index contributed by atoms with van der Waals surface area (Å²) in [6, 6.07) is 1.06. The van der Waals surface area contributed by atoms with E-state index in [-0.39, 0.29) is 36.3 Å². The summed E-state index contributed by atoms with van der Waals surface area (Å²) in [4.78, 5) is 36.9. The summed E-state index contributed by atoms with van der Waals surface area (Å²) in [6.07, 6.45) is 10.3.